The van der Waals surface area contributed by atoms with Gasteiger partial charge in [0.2, 0.25) is 5.91 Å². The Morgan fingerprint density at radius 1 is 0.815 bits per heavy atom. The molecule has 0 aliphatic heterocycles. The molecule has 0 aliphatic rings. The lowest BCUT2D eigenvalue weighted by Gasteiger charge is -2.19. The summed E-state index contributed by atoms with van der Waals surface area (Å²) in [7, 11) is 0. The molecular formula is C18H33NO8. The Morgan fingerprint density at radius 3 is 1.93 bits per heavy atom. The summed E-state index contributed by atoms with van der Waals surface area (Å²) in [4.78, 5) is 33.1. The van der Waals surface area contributed by atoms with E-state index in [4.69, 9.17) is 24.1 Å². The van der Waals surface area contributed by atoms with E-state index in [0.717, 1.165) is 0 Å². The Balaban J connectivity index is 3.28. The number of hydrogen-bond donors (Lipinski definition) is 2. The van der Waals surface area contributed by atoms with E-state index >= 15 is 0 Å². The minimum absolute atomic E-state index is 0.00796. The highest BCUT2D eigenvalue weighted by Gasteiger charge is 2.15. The van der Waals surface area contributed by atoms with E-state index in [0.29, 0.717) is 52.6 Å². The van der Waals surface area contributed by atoms with E-state index in [9.17, 15) is 14.4 Å². The van der Waals surface area contributed by atoms with Crippen LogP contribution in [0.15, 0.2) is 0 Å². The number of amides is 1. The predicted molar refractivity (Wildman–Crippen MR) is 97.4 cm³/mol. The number of aliphatic carboxylic acids is 1. The number of esters is 1. The molecule has 0 bridgehead atoms. The Bertz CT molecular complexity index is 434. The van der Waals surface area contributed by atoms with Crippen molar-refractivity contribution in [3.05, 3.63) is 0 Å². The Labute approximate surface area is 160 Å². The molecule has 0 fully saturated rings. The van der Waals surface area contributed by atoms with Crippen molar-refractivity contribution in [1.82, 2.24) is 5.32 Å². The molecule has 9 heteroatoms. The molecule has 158 valence electrons. The van der Waals surface area contributed by atoms with Gasteiger partial charge in [-0.3, -0.25) is 14.4 Å². The molecule has 0 aromatic carbocycles. The second-order valence-corrected chi connectivity index (χ2v) is 6.77. The molecule has 0 rings (SSSR count). The lowest BCUT2D eigenvalue weighted by molar-refractivity contribution is -0.156. The van der Waals surface area contributed by atoms with Crippen molar-refractivity contribution in [3.8, 4) is 0 Å². The normalized spacial score (nSPS) is 11.2. The van der Waals surface area contributed by atoms with Gasteiger partial charge >= 0.3 is 11.9 Å². The summed E-state index contributed by atoms with van der Waals surface area (Å²) in [5.41, 5.74) is -0.483. The van der Waals surface area contributed by atoms with Gasteiger partial charge in [-0.2, -0.15) is 0 Å². The van der Waals surface area contributed by atoms with Gasteiger partial charge in [-0.05, 0) is 27.2 Å². The van der Waals surface area contributed by atoms with Crippen LogP contribution in [0.3, 0.4) is 0 Å². The largest absolute Gasteiger partial charge is 0.481 e. The minimum atomic E-state index is -0.903. The first kappa shape index (κ1) is 25.3. The molecule has 0 radical (unpaired) electrons. The third kappa shape index (κ3) is 20.5. The fraction of sp³-hybridized carbons (Fsp3) is 0.833. The van der Waals surface area contributed by atoms with E-state index in [1.54, 1.807) is 0 Å². The molecule has 9 nitrogen and oxygen atoms in total. The molecule has 0 spiro atoms. The molecule has 27 heavy (non-hydrogen) atoms. The van der Waals surface area contributed by atoms with Gasteiger partial charge in [0.05, 0.1) is 46.1 Å². The highest BCUT2D eigenvalue weighted by atomic mass is 16.6. The Hall–Kier alpha value is -1.71. The number of hydrogen-bond acceptors (Lipinski definition) is 7. The minimum Gasteiger partial charge on any atom is -0.481 e. The van der Waals surface area contributed by atoms with Crippen LogP contribution in [-0.4, -0.2) is 74.7 Å². The van der Waals surface area contributed by atoms with E-state index in [1.807, 2.05) is 20.8 Å². The van der Waals surface area contributed by atoms with E-state index in [-0.39, 0.29) is 31.1 Å². The molecule has 0 atom stereocenters. The molecule has 0 saturated heterocycles. The monoisotopic (exact) mass is 391 g/mol. The van der Waals surface area contributed by atoms with Gasteiger partial charge in [0.1, 0.15) is 5.60 Å². The van der Waals surface area contributed by atoms with Gasteiger partial charge in [-0.1, -0.05) is 0 Å². The maximum atomic E-state index is 11.4. The van der Waals surface area contributed by atoms with Crippen molar-refractivity contribution >= 4 is 17.8 Å². The van der Waals surface area contributed by atoms with Gasteiger partial charge in [0.15, 0.2) is 0 Å². The summed E-state index contributed by atoms with van der Waals surface area (Å²) < 4.78 is 21.1. The topological polar surface area (TPSA) is 120 Å². The van der Waals surface area contributed by atoms with Gasteiger partial charge in [-0.25, -0.2) is 0 Å². The van der Waals surface area contributed by atoms with E-state index < -0.39 is 11.6 Å². The number of carbonyl (C=O) groups excluding carboxylic acids is 2. The quantitative estimate of drug-likeness (QED) is 0.297. The van der Waals surface area contributed by atoms with Crippen LogP contribution in [0.4, 0.5) is 0 Å². The third-order valence-electron chi connectivity index (χ3n) is 2.98. The summed E-state index contributed by atoms with van der Waals surface area (Å²) >= 11 is 0. The van der Waals surface area contributed by atoms with E-state index in [1.165, 1.54) is 0 Å². The lowest BCUT2D eigenvalue weighted by Crippen LogP contribution is -2.27. The van der Waals surface area contributed by atoms with Crippen LogP contribution in [0.25, 0.3) is 0 Å². The lowest BCUT2D eigenvalue weighted by atomic mass is 10.2. The Kier molecular flexibility index (Phi) is 14.4. The molecule has 2 N–H and O–H groups in total. The average molecular weight is 391 g/mol. The zero-order valence-electron chi connectivity index (χ0n) is 16.6. The number of rotatable bonds is 16. The molecule has 0 unspecified atom stereocenters. The van der Waals surface area contributed by atoms with Crippen molar-refractivity contribution in [1.29, 1.82) is 0 Å². The van der Waals surface area contributed by atoms with Crippen LogP contribution < -0.4 is 5.32 Å². The van der Waals surface area contributed by atoms with Gasteiger partial charge < -0.3 is 29.4 Å². The maximum absolute atomic E-state index is 11.4. The fourth-order valence-electron chi connectivity index (χ4n) is 1.84. The van der Waals surface area contributed by atoms with Crippen molar-refractivity contribution in [2.45, 2.75) is 52.1 Å². The maximum Gasteiger partial charge on any atom is 0.308 e. The van der Waals surface area contributed by atoms with Crippen molar-refractivity contribution in [2.75, 3.05) is 46.2 Å². The summed E-state index contributed by atoms with van der Waals surface area (Å²) in [6.07, 6.45) is 0.730. The van der Waals surface area contributed by atoms with Crippen LogP contribution >= 0.6 is 0 Å². The van der Waals surface area contributed by atoms with Gasteiger partial charge in [-0.15, -0.1) is 0 Å². The molecule has 0 aromatic rings. The fourth-order valence-corrected chi connectivity index (χ4v) is 1.84. The smallest absolute Gasteiger partial charge is 0.308 e. The van der Waals surface area contributed by atoms with Crippen LogP contribution in [0.2, 0.25) is 0 Å². The molecular weight excluding hydrogens is 358 g/mol. The second-order valence-electron chi connectivity index (χ2n) is 6.77. The number of carboxylic acid groups (broad SMARTS) is 1. The van der Waals surface area contributed by atoms with Crippen LogP contribution in [0.1, 0.15) is 46.5 Å². The first-order valence-corrected chi connectivity index (χ1v) is 9.14. The van der Waals surface area contributed by atoms with Gasteiger partial charge in [0, 0.05) is 19.4 Å². The number of nitrogens with one attached hydrogen (secondary N) is 1. The zero-order chi connectivity index (χ0) is 20.5. The third-order valence-corrected chi connectivity index (χ3v) is 2.98. The highest BCUT2D eigenvalue weighted by Crippen LogP contribution is 2.07. The Morgan fingerprint density at radius 2 is 1.37 bits per heavy atom. The number of ether oxygens (including phenoxy) is 4. The first-order valence-electron chi connectivity index (χ1n) is 9.14. The number of carboxylic acids is 1. The summed E-state index contributed by atoms with van der Waals surface area (Å²) in [6.45, 7) is 8.07. The van der Waals surface area contributed by atoms with Crippen LogP contribution in [0, 0.1) is 0 Å². The second kappa shape index (κ2) is 15.4. The summed E-state index contributed by atoms with van der Waals surface area (Å²) in [5, 5.41) is 11.1. The van der Waals surface area contributed by atoms with Crippen LogP contribution in [0.5, 0.6) is 0 Å². The molecule has 0 aliphatic carbocycles. The average Bonchev–Trinajstić information content (AvgIpc) is 2.53. The van der Waals surface area contributed by atoms with Crippen LogP contribution in [-0.2, 0) is 33.3 Å². The first-order chi connectivity index (χ1) is 12.7. The zero-order valence-corrected chi connectivity index (χ0v) is 16.6. The van der Waals surface area contributed by atoms with Crippen molar-refractivity contribution in [2.24, 2.45) is 0 Å². The highest BCUT2D eigenvalue weighted by molar-refractivity contribution is 5.76. The van der Waals surface area contributed by atoms with E-state index in [2.05, 4.69) is 5.32 Å². The standard InChI is InChI=1S/C18H33NO8/c1-18(2,3)27-17(23)7-9-24-11-13-26-14-12-25-10-8-19-15(20)5-4-6-16(21)22/h4-14H2,1-3H3,(H,19,20)(H,21,22). The molecule has 0 saturated carbocycles. The number of carbonyl (C=O) groups is 3. The summed E-state index contributed by atoms with van der Waals surface area (Å²) in [6, 6.07) is 0. The van der Waals surface area contributed by atoms with Gasteiger partial charge in [0.25, 0.3) is 0 Å². The molecule has 0 aromatic heterocycles. The SMILES string of the molecule is CC(C)(C)OC(=O)CCOCCOCCOCCNC(=O)CCCC(=O)O. The summed E-state index contributed by atoms with van der Waals surface area (Å²) in [5.74, 6) is -1.37. The van der Waals surface area contributed by atoms with Crippen molar-refractivity contribution < 1.29 is 38.4 Å². The van der Waals surface area contributed by atoms with Crippen molar-refractivity contribution in [3.63, 3.8) is 0 Å². The molecule has 1 amide bonds. The predicted octanol–water partition coefficient (Wildman–Crippen LogP) is 1.14. The molecule has 0 heterocycles.